The number of benzene rings is 2. The first-order chi connectivity index (χ1) is 14.4. The van der Waals surface area contributed by atoms with Crippen LogP contribution in [-0.2, 0) is 10.0 Å². The van der Waals surface area contributed by atoms with Gasteiger partial charge in [-0.25, -0.2) is 17.2 Å². The Morgan fingerprint density at radius 2 is 1.80 bits per heavy atom. The number of aromatic nitrogens is 2. The largest absolute Gasteiger partial charge is 0.367 e. The highest BCUT2D eigenvalue weighted by molar-refractivity contribution is 7.92. The minimum atomic E-state index is -4.46. The van der Waals surface area contributed by atoms with Crippen LogP contribution in [0.3, 0.4) is 0 Å². The predicted octanol–water partition coefficient (Wildman–Crippen LogP) is 2.40. The predicted molar refractivity (Wildman–Crippen MR) is 106 cm³/mol. The zero-order chi connectivity index (χ0) is 21.6. The van der Waals surface area contributed by atoms with Gasteiger partial charge < -0.3 is 10.6 Å². The third-order valence-electron chi connectivity index (χ3n) is 3.89. The number of hydrogen-bond acceptors (Lipinski definition) is 6. The van der Waals surface area contributed by atoms with Crippen molar-refractivity contribution < 1.29 is 22.0 Å². The van der Waals surface area contributed by atoms with Gasteiger partial charge in [0.15, 0.2) is 0 Å². The second-order valence-corrected chi connectivity index (χ2v) is 7.67. The number of nitrogens with one attached hydrogen (secondary N) is 3. The molecule has 0 fully saturated rings. The molecule has 8 nitrogen and oxygen atoms in total. The molecule has 1 amide bonds. The molecule has 11 heteroatoms. The maximum atomic E-state index is 13.9. The van der Waals surface area contributed by atoms with Crippen LogP contribution >= 0.6 is 0 Å². The van der Waals surface area contributed by atoms with Crippen LogP contribution in [0, 0.1) is 11.6 Å². The lowest BCUT2D eigenvalue weighted by molar-refractivity contribution is 0.0956. The molecule has 2 aromatic carbocycles. The molecular weight excluding hydrogens is 416 g/mol. The topological polar surface area (TPSA) is 113 Å². The van der Waals surface area contributed by atoms with Gasteiger partial charge in [0, 0.05) is 19.3 Å². The van der Waals surface area contributed by atoms with E-state index in [0.717, 1.165) is 6.07 Å². The number of para-hydroxylation sites is 1. The van der Waals surface area contributed by atoms with Gasteiger partial charge in [0.1, 0.15) is 22.3 Å². The monoisotopic (exact) mass is 433 g/mol. The van der Waals surface area contributed by atoms with Crippen LogP contribution in [-0.4, -0.2) is 37.6 Å². The molecule has 3 N–H and O–H groups in total. The standard InChI is InChI=1S/C19H17F2N5O3S/c20-13-7-8-15(21)17(12-13)30(28,29)26-16-5-2-1-4-14(16)19(27)23-11-10-22-18-6-3-9-24-25-18/h1-9,12,26H,10-11H2,(H,22,25)(H,23,27). The summed E-state index contributed by atoms with van der Waals surface area (Å²) in [6.07, 6.45) is 1.53. The lowest BCUT2D eigenvalue weighted by Gasteiger charge is -2.13. The van der Waals surface area contributed by atoms with Crippen LogP contribution in [0.2, 0.25) is 0 Å². The van der Waals surface area contributed by atoms with Crippen LogP contribution in [0.25, 0.3) is 0 Å². The van der Waals surface area contributed by atoms with Crippen LogP contribution in [0.5, 0.6) is 0 Å². The summed E-state index contributed by atoms with van der Waals surface area (Å²) in [5.41, 5.74) is -0.0436. The summed E-state index contributed by atoms with van der Waals surface area (Å²) >= 11 is 0. The van der Waals surface area contributed by atoms with Crippen molar-refractivity contribution in [2.75, 3.05) is 23.1 Å². The summed E-state index contributed by atoms with van der Waals surface area (Å²) in [6, 6.07) is 11.3. The fourth-order valence-electron chi connectivity index (χ4n) is 2.51. The molecule has 0 aliphatic rings. The summed E-state index contributed by atoms with van der Waals surface area (Å²) < 4.78 is 54.4. The van der Waals surface area contributed by atoms with Crippen LogP contribution in [0.1, 0.15) is 10.4 Å². The molecule has 0 aliphatic carbocycles. The van der Waals surface area contributed by atoms with Gasteiger partial charge in [0.05, 0.1) is 11.3 Å². The highest BCUT2D eigenvalue weighted by Crippen LogP contribution is 2.22. The average Bonchev–Trinajstić information content (AvgIpc) is 2.73. The number of hydrogen-bond donors (Lipinski definition) is 3. The summed E-state index contributed by atoms with van der Waals surface area (Å²) in [4.78, 5) is 11.6. The van der Waals surface area contributed by atoms with Gasteiger partial charge in [0.2, 0.25) is 0 Å². The van der Waals surface area contributed by atoms with Gasteiger partial charge in [-0.05, 0) is 42.5 Å². The molecule has 0 atom stereocenters. The highest BCUT2D eigenvalue weighted by Gasteiger charge is 2.22. The van der Waals surface area contributed by atoms with Crippen molar-refractivity contribution in [3.8, 4) is 0 Å². The summed E-state index contributed by atoms with van der Waals surface area (Å²) in [5.74, 6) is -2.02. The molecule has 0 spiro atoms. The van der Waals surface area contributed by atoms with E-state index in [-0.39, 0.29) is 17.8 Å². The van der Waals surface area contributed by atoms with Crippen molar-refractivity contribution in [1.82, 2.24) is 15.5 Å². The smallest absolute Gasteiger partial charge is 0.264 e. The lowest BCUT2D eigenvalue weighted by Crippen LogP contribution is -2.30. The fraction of sp³-hybridized carbons (Fsp3) is 0.105. The molecule has 0 saturated carbocycles. The van der Waals surface area contributed by atoms with Crippen molar-refractivity contribution in [2.24, 2.45) is 0 Å². The van der Waals surface area contributed by atoms with E-state index < -0.39 is 32.5 Å². The Hall–Kier alpha value is -3.60. The molecular formula is C19H17F2N5O3S. The molecule has 0 saturated heterocycles. The van der Waals surface area contributed by atoms with Crippen LogP contribution < -0.4 is 15.4 Å². The Bertz CT molecular complexity index is 1140. The Balaban J connectivity index is 1.69. The van der Waals surface area contributed by atoms with Gasteiger partial charge in [0.25, 0.3) is 15.9 Å². The van der Waals surface area contributed by atoms with Crippen molar-refractivity contribution in [3.05, 3.63) is 78.0 Å². The second-order valence-electron chi connectivity index (χ2n) is 6.02. The molecule has 0 bridgehead atoms. The van der Waals surface area contributed by atoms with E-state index in [1.807, 2.05) is 0 Å². The van der Waals surface area contributed by atoms with E-state index in [0.29, 0.717) is 24.5 Å². The molecule has 30 heavy (non-hydrogen) atoms. The molecule has 0 unspecified atom stereocenters. The number of sulfonamides is 1. The third kappa shape index (κ3) is 5.26. The first kappa shape index (κ1) is 21.1. The minimum Gasteiger partial charge on any atom is -0.367 e. The van der Waals surface area contributed by atoms with Crippen molar-refractivity contribution in [2.45, 2.75) is 4.90 Å². The zero-order valence-electron chi connectivity index (χ0n) is 15.5. The first-order valence-corrected chi connectivity index (χ1v) is 10.2. The van der Waals surface area contributed by atoms with Crippen molar-refractivity contribution >= 4 is 27.4 Å². The molecule has 3 rings (SSSR count). The Labute approximate surface area is 171 Å². The first-order valence-electron chi connectivity index (χ1n) is 8.73. The van der Waals surface area contributed by atoms with E-state index in [2.05, 4.69) is 25.6 Å². The lowest BCUT2D eigenvalue weighted by atomic mass is 10.1. The van der Waals surface area contributed by atoms with E-state index in [9.17, 15) is 22.0 Å². The van der Waals surface area contributed by atoms with Crippen LogP contribution in [0.4, 0.5) is 20.3 Å². The Kier molecular flexibility index (Phi) is 6.52. The van der Waals surface area contributed by atoms with E-state index >= 15 is 0 Å². The number of carbonyl (C=O) groups is 1. The molecule has 0 aliphatic heterocycles. The van der Waals surface area contributed by atoms with Crippen molar-refractivity contribution in [1.29, 1.82) is 0 Å². The molecule has 1 aromatic heterocycles. The zero-order valence-corrected chi connectivity index (χ0v) is 16.3. The SMILES string of the molecule is O=C(NCCNc1cccnn1)c1ccccc1NS(=O)(=O)c1cc(F)ccc1F. The number of anilines is 2. The normalized spacial score (nSPS) is 11.0. The van der Waals surface area contributed by atoms with E-state index in [1.54, 1.807) is 18.2 Å². The molecule has 156 valence electrons. The minimum absolute atomic E-state index is 0.0254. The quantitative estimate of drug-likeness (QED) is 0.470. The second kappa shape index (κ2) is 9.27. The Morgan fingerprint density at radius 3 is 2.57 bits per heavy atom. The maximum absolute atomic E-state index is 13.9. The summed E-state index contributed by atoms with van der Waals surface area (Å²) in [6.45, 7) is 0.571. The number of amides is 1. The maximum Gasteiger partial charge on any atom is 0.264 e. The van der Waals surface area contributed by atoms with Gasteiger partial charge in [-0.2, -0.15) is 5.10 Å². The van der Waals surface area contributed by atoms with Gasteiger partial charge >= 0.3 is 0 Å². The summed E-state index contributed by atoms with van der Waals surface area (Å²) in [5, 5.41) is 13.2. The fourth-order valence-corrected chi connectivity index (χ4v) is 3.68. The number of rotatable bonds is 8. The van der Waals surface area contributed by atoms with Gasteiger partial charge in [-0.3, -0.25) is 9.52 Å². The number of carbonyl (C=O) groups excluding carboxylic acids is 1. The summed E-state index contributed by atoms with van der Waals surface area (Å²) in [7, 11) is -4.46. The molecule has 3 aromatic rings. The highest BCUT2D eigenvalue weighted by atomic mass is 32.2. The number of halogens is 2. The number of nitrogens with zero attached hydrogens (tertiary/aromatic N) is 2. The van der Waals surface area contributed by atoms with E-state index in [1.165, 1.54) is 24.4 Å². The molecule has 1 heterocycles. The Morgan fingerprint density at radius 1 is 1.00 bits per heavy atom. The third-order valence-corrected chi connectivity index (χ3v) is 5.27. The van der Waals surface area contributed by atoms with Crippen LogP contribution in [0.15, 0.2) is 65.7 Å². The van der Waals surface area contributed by atoms with E-state index in [4.69, 9.17) is 0 Å². The van der Waals surface area contributed by atoms with Gasteiger partial charge in [-0.1, -0.05) is 12.1 Å². The average molecular weight is 433 g/mol. The van der Waals surface area contributed by atoms with Crippen molar-refractivity contribution in [3.63, 3.8) is 0 Å². The van der Waals surface area contributed by atoms with Gasteiger partial charge in [-0.15, -0.1) is 5.10 Å². The molecule has 0 radical (unpaired) electrons.